The highest BCUT2D eigenvalue weighted by molar-refractivity contribution is 5.92. The van der Waals surface area contributed by atoms with Gasteiger partial charge in [0, 0.05) is 18.3 Å². The fourth-order valence-electron chi connectivity index (χ4n) is 2.21. The first kappa shape index (κ1) is 14.9. The van der Waals surface area contributed by atoms with Gasteiger partial charge >= 0.3 is 0 Å². The highest BCUT2D eigenvalue weighted by Crippen LogP contribution is 2.26. The number of halogens is 1. The third kappa shape index (κ3) is 4.90. The SMILES string of the molecule is O=C(CN(CCCCO)C1CC1)Nc1cccc(F)c1. The average molecular weight is 280 g/mol. The van der Waals surface area contributed by atoms with E-state index in [-0.39, 0.29) is 18.3 Å². The molecule has 1 saturated carbocycles. The number of carbonyl (C=O) groups is 1. The van der Waals surface area contributed by atoms with Crippen LogP contribution in [0.3, 0.4) is 0 Å². The predicted octanol–water partition coefficient (Wildman–Crippen LogP) is 2.00. The van der Waals surface area contributed by atoms with Crippen LogP contribution >= 0.6 is 0 Å². The van der Waals surface area contributed by atoms with Gasteiger partial charge in [0.15, 0.2) is 0 Å². The summed E-state index contributed by atoms with van der Waals surface area (Å²) in [4.78, 5) is 14.1. The van der Waals surface area contributed by atoms with Crippen molar-refractivity contribution >= 4 is 11.6 Å². The number of anilines is 1. The summed E-state index contributed by atoms with van der Waals surface area (Å²) in [6.07, 6.45) is 3.91. The molecule has 1 aliphatic rings. The first-order chi connectivity index (χ1) is 9.69. The van der Waals surface area contributed by atoms with Gasteiger partial charge in [0.2, 0.25) is 5.91 Å². The van der Waals surface area contributed by atoms with Crippen LogP contribution in [0, 0.1) is 5.82 Å². The molecule has 1 fully saturated rings. The van der Waals surface area contributed by atoms with Gasteiger partial charge in [-0.2, -0.15) is 0 Å². The quantitative estimate of drug-likeness (QED) is 0.716. The lowest BCUT2D eigenvalue weighted by Crippen LogP contribution is -2.35. The van der Waals surface area contributed by atoms with Gasteiger partial charge in [-0.3, -0.25) is 9.69 Å². The Morgan fingerprint density at radius 1 is 1.40 bits per heavy atom. The number of amides is 1. The van der Waals surface area contributed by atoms with E-state index in [2.05, 4.69) is 10.2 Å². The summed E-state index contributed by atoms with van der Waals surface area (Å²) in [7, 11) is 0. The van der Waals surface area contributed by atoms with Crippen molar-refractivity contribution in [1.82, 2.24) is 4.90 Å². The Kier molecular flexibility index (Phi) is 5.49. The normalized spacial score (nSPS) is 14.6. The number of rotatable bonds is 8. The molecular weight excluding hydrogens is 259 g/mol. The van der Waals surface area contributed by atoms with Crippen molar-refractivity contribution in [2.75, 3.05) is 25.0 Å². The molecule has 0 atom stereocenters. The molecule has 0 unspecified atom stereocenters. The van der Waals surface area contributed by atoms with E-state index in [1.807, 2.05) is 0 Å². The van der Waals surface area contributed by atoms with E-state index in [9.17, 15) is 9.18 Å². The van der Waals surface area contributed by atoms with E-state index >= 15 is 0 Å². The third-order valence-corrected chi connectivity index (χ3v) is 3.37. The highest BCUT2D eigenvalue weighted by Gasteiger charge is 2.29. The summed E-state index contributed by atoms with van der Waals surface area (Å²) in [5.74, 6) is -0.476. The average Bonchev–Trinajstić information content (AvgIpc) is 3.22. The second kappa shape index (κ2) is 7.36. The van der Waals surface area contributed by atoms with Crippen molar-refractivity contribution in [1.29, 1.82) is 0 Å². The fraction of sp³-hybridized carbons (Fsp3) is 0.533. The van der Waals surface area contributed by atoms with Crippen LogP contribution < -0.4 is 5.32 Å². The number of nitrogens with zero attached hydrogens (tertiary/aromatic N) is 1. The van der Waals surface area contributed by atoms with Crippen molar-refractivity contribution in [3.8, 4) is 0 Å². The zero-order chi connectivity index (χ0) is 14.4. The minimum absolute atomic E-state index is 0.119. The number of hydrogen-bond acceptors (Lipinski definition) is 3. The number of carbonyl (C=O) groups excluding carboxylic acids is 1. The van der Waals surface area contributed by atoms with Gasteiger partial charge in [0.25, 0.3) is 0 Å². The first-order valence-electron chi connectivity index (χ1n) is 7.09. The van der Waals surface area contributed by atoms with Crippen LogP contribution in [0.4, 0.5) is 10.1 Å². The summed E-state index contributed by atoms with van der Waals surface area (Å²) in [5.41, 5.74) is 0.487. The number of unbranched alkanes of at least 4 members (excludes halogenated alkanes) is 1. The molecule has 20 heavy (non-hydrogen) atoms. The number of aliphatic hydroxyl groups excluding tert-OH is 1. The van der Waals surface area contributed by atoms with Crippen LogP contribution in [0.5, 0.6) is 0 Å². The van der Waals surface area contributed by atoms with Crippen molar-refractivity contribution in [3.63, 3.8) is 0 Å². The summed E-state index contributed by atoms with van der Waals surface area (Å²) in [5, 5.41) is 11.5. The van der Waals surface area contributed by atoms with Crippen molar-refractivity contribution in [2.24, 2.45) is 0 Å². The van der Waals surface area contributed by atoms with Crippen LogP contribution in [0.25, 0.3) is 0 Å². The molecule has 0 aromatic heterocycles. The lowest BCUT2D eigenvalue weighted by molar-refractivity contribution is -0.117. The summed E-state index contributed by atoms with van der Waals surface area (Å²) in [6.45, 7) is 1.34. The number of benzene rings is 1. The Morgan fingerprint density at radius 2 is 2.20 bits per heavy atom. The van der Waals surface area contributed by atoms with E-state index in [0.29, 0.717) is 18.3 Å². The minimum Gasteiger partial charge on any atom is -0.396 e. The second-order valence-corrected chi connectivity index (χ2v) is 5.19. The van der Waals surface area contributed by atoms with E-state index < -0.39 is 0 Å². The molecular formula is C15H21FN2O2. The monoisotopic (exact) mass is 280 g/mol. The minimum atomic E-state index is -0.357. The largest absolute Gasteiger partial charge is 0.396 e. The van der Waals surface area contributed by atoms with E-state index in [1.54, 1.807) is 12.1 Å². The Balaban J connectivity index is 1.81. The predicted molar refractivity (Wildman–Crippen MR) is 75.9 cm³/mol. The summed E-state index contributed by atoms with van der Waals surface area (Å²) in [6, 6.07) is 6.40. The van der Waals surface area contributed by atoms with E-state index in [4.69, 9.17) is 5.11 Å². The van der Waals surface area contributed by atoms with Gasteiger partial charge in [0.05, 0.1) is 6.54 Å². The van der Waals surface area contributed by atoms with Gasteiger partial charge < -0.3 is 10.4 Å². The van der Waals surface area contributed by atoms with Gasteiger partial charge in [-0.25, -0.2) is 4.39 Å². The third-order valence-electron chi connectivity index (χ3n) is 3.37. The van der Waals surface area contributed by atoms with Gasteiger partial charge in [0.1, 0.15) is 5.82 Å². The number of aliphatic hydroxyl groups is 1. The molecule has 0 saturated heterocycles. The molecule has 0 heterocycles. The maximum absolute atomic E-state index is 13.0. The van der Waals surface area contributed by atoms with Crippen LogP contribution in [-0.4, -0.2) is 41.7 Å². The summed E-state index contributed by atoms with van der Waals surface area (Å²) >= 11 is 0. The summed E-state index contributed by atoms with van der Waals surface area (Å²) < 4.78 is 13.0. The zero-order valence-corrected chi connectivity index (χ0v) is 11.5. The fourth-order valence-corrected chi connectivity index (χ4v) is 2.21. The van der Waals surface area contributed by atoms with Gasteiger partial charge in [-0.05, 0) is 50.4 Å². The van der Waals surface area contributed by atoms with Crippen molar-refractivity contribution < 1.29 is 14.3 Å². The van der Waals surface area contributed by atoms with Crippen LogP contribution in [0.15, 0.2) is 24.3 Å². The van der Waals surface area contributed by atoms with Crippen molar-refractivity contribution in [2.45, 2.75) is 31.7 Å². The Morgan fingerprint density at radius 3 is 2.85 bits per heavy atom. The molecule has 0 spiro atoms. The number of hydrogen-bond donors (Lipinski definition) is 2. The molecule has 4 nitrogen and oxygen atoms in total. The first-order valence-corrected chi connectivity index (χ1v) is 7.09. The Bertz CT molecular complexity index is 449. The molecule has 110 valence electrons. The topological polar surface area (TPSA) is 52.6 Å². The molecule has 2 N–H and O–H groups in total. The Labute approximate surface area is 118 Å². The molecule has 1 aromatic carbocycles. The number of nitrogens with one attached hydrogen (secondary N) is 1. The van der Waals surface area contributed by atoms with Crippen LogP contribution in [0.2, 0.25) is 0 Å². The lowest BCUT2D eigenvalue weighted by Gasteiger charge is -2.21. The molecule has 0 radical (unpaired) electrons. The standard InChI is InChI=1S/C15H21FN2O2/c16-12-4-3-5-13(10-12)17-15(20)11-18(14-6-7-14)8-1-2-9-19/h3-5,10,14,19H,1-2,6-9,11H2,(H,17,20). The van der Waals surface area contributed by atoms with Crippen LogP contribution in [-0.2, 0) is 4.79 Å². The Hall–Kier alpha value is -1.46. The zero-order valence-electron chi connectivity index (χ0n) is 11.5. The van der Waals surface area contributed by atoms with E-state index in [0.717, 1.165) is 32.2 Å². The molecule has 1 amide bonds. The molecule has 0 bridgehead atoms. The van der Waals surface area contributed by atoms with Crippen LogP contribution in [0.1, 0.15) is 25.7 Å². The molecule has 1 aromatic rings. The lowest BCUT2D eigenvalue weighted by atomic mass is 10.3. The maximum atomic E-state index is 13.0. The van der Waals surface area contributed by atoms with Gasteiger partial charge in [-0.15, -0.1) is 0 Å². The van der Waals surface area contributed by atoms with Gasteiger partial charge in [-0.1, -0.05) is 6.07 Å². The molecule has 0 aliphatic heterocycles. The molecule has 2 rings (SSSR count). The smallest absolute Gasteiger partial charge is 0.238 e. The van der Waals surface area contributed by atoms with Crippen molar-refractivity contribution in [3.05, 3.63) is 30.1 Å². The van der Waals surface area contributed by atoms with E-state index in [1.165, 1.54) is 12.1 Å². The second-order valence-electron chi connectivity index (χ2n) is 5.19. The molecule has 1 aliphatic carbocycles. The molecule has 5 heteroatoms. The maximum Gasteiger partial charge on any atom is 0.238 e. The highest BCUT2D eigenvalue weighted by atomic mass is 19.1.